The maximum atomic E-state index is 12.4. The number of carboxylic acids is 1. The molecule has 0 heterocycles. The number of aliphatic carboxylic acids is 1. The van der Waals surface area contributed by atoms with Crippen molar-refractivity contribution in [2.75, 3.05) is 6.54 Å². The lowest BCUT2D eigenvalue weighted by atomic mass is 10.1. The van der Waals surface area contributed by atoms with Crippen molar-refractivity contribution in [2.24, 2.45) is 0 Å². The molecule has 0 aliphatic heterocycles. The van der Waals surface area contributed by atoms with Crippen molar-refractivity contribution in [1.82, 2.24) is 4.90 Å². The topological polar surface area (TPSA) is 57.6 Å². The molecule has 1 saturated carbocycles. The van der Waals surface area contributed by atoms with Gasteiger partial charge in [-0.2, -0.15) is 0 Å². The number of hydrogen-bond donors (Lipinski definition) is 1. The quantitative estimate of drug-likeness (QED) is 0.876. The molecule has 1 fully saturated rings. The van der Waals surface area contributed by atoms with Gasteiger partial charge in [-0.25, -0.2) is 0 Å². The summed E-state index contributed by atoms with van der Waals surface area (Å²) < 4.78 is 0. The van der Waals surface area contributed by atoms with Gasteiger partial charge < -0.3 is 10.0 Å². The molecular weight excluding hydrogens is 266 g/mol. The van der Waals surface area contributed by atoms with Crippen LogP contribution in [0.25, 0.3) is 0 Å². The Morgan fingerprint density at radius 1 is 1.29 bits per heavy atom. The summed E-state index contributed by atoms with van der Waals surface area (Å²) in [6.07, 6.45) is 5.10. The summed E-state index contributed by atoms with van der Waals surface area (Å²) in [5, 5.41) is 9.02. The first-order valence-electron chi connectivity index (χ1n) is 7.63. The summed E-state index contributed by atoms with van der Waals surface area (Å²) in [5.74, 6) is -0.961. The molecule has 2 rings (SSSR count). The van der Waals surface area contributed by atoms with Gasteiger partial charge in [-0.3, -0.25) is 9.59 Å². The zero-order chi connectivity index (χ0) is 15.2. The standard InChI is InChI=1S/C17H23NO3/c1-13-5-4-6-14(11-13)9-10-16(19)18(12-17(20)21)15-7-2-3-8-15/h4-6,11,15H,2-3,7-10,12H2,1H3,(H,20,21). The number of nitrogens with zero attached hydrogens (tertiary/aromatic N) is 1. The molecule has 1 N–H and O–H groups in total. The van der Waals surface area contributed by atoms with E-state index < -0.39 is 5.97 Å². The molecule has 4 heteroatoms. The second-order valence-electron chi connectivity index (χ2n) is 5.84. The number of hydrogen-bond acceptors (Lipinski definition) is 2. The molecule has 0 unspecified atom stereocenters. The summed E-state index contributed by atoms with van der Waals surface area (Å²) in [5.41, 5.74) is 2.31. The number of rotatable bonds is 6. The van der Waals surface area contributed by atoms with E-state index in [9.17, 15) is 9.59 Å². The lowest BCUT2D eigenvalue weighted by Gasteiger charge is -2.27. The Bertz CT molecular complexity index is 507. The van der Waals surface area contributed by atoms with E-state index in [4.69, 9.17) is 5.11 Å². The summed E-state index contributed by atoms with van der Waals surface area (Å²) in [6, 6.07) is 8.22. The SMILES string of the molecule is Cc1cccc(CCC(=O)N(CC(=O)O)C2CCCC2)c1. The van der Waals surface area contributed by atoms with E-state index in [1.54, 1.807) is 4.90 Å². The third-order valence-corrected chi connectivity index (χ3v) is 4.10. The molecular formula is C17H23NO3. The molecule has 4 nitrogen and oxygen atoms in total. The van der Waals surface area contributed by atoms with Crippen molar-refractivity contribution in [1.29, 1.82) is 0 Å². The van der Waals surface area contributed by atoms with E-state index in [2.05, 4.69) is 6.07 Å². The van der Waals surface area contributed by atoms with Crippen LogP contribution in [0.2, 0.25) is 0 Å². The highest BCUT2D eigenvalue weighted by Gasteiger charge is 2.27. The first-order chi connectivity index (χ1) is 10.1. The van der Waals surface area contributed by atoms with E-state index in [0.29, 0.717) is 12.8 Å². The molecule has 0 atom stereocenters. The minimum atomic E-state index is -0.925. The van der Waals surface area contributed by atoms with Crippen LogP contribution in [0.3, 0.4) is 0 Å². The van der Waals surface area contributed by atoms with Crippen LogP contribution in [-0.2, 0) is 16.0 Å². The van der Waals surface area contributed by atoms with E-state index in [1.165, 1.54) is 5.56 Å². The normalized spacial score (nSPS) is 15.1. The molecule has 0 bridgehead atoms. The smallest absolute Gasteiger partial charge is 0.323 e. The Labute approximate surface area is 125 Å². The molecule has 0 spiro atoms. The Morgan fingerprint density at radius 2 is 2.00 bits per heavy atom. The lowest BCUT2D eigenvalue weighted by Crippen LogP contribution is -2.42. The van der Waals surface area contributed by atoms with Gasteiger partial charge in [-0.05, 0) is 31.7 Å². The molecule has 21 heavy (non-hydrogen) atoms. The van der Waals surface area contributed by atoms with Gasteiger partial charge in [0.2, 0.25) is 5.91 Å². The maximum absolute atomic E-state index is 12.4. The molecule has 0 saturated heterocycles. The Kier molecular flexibility index (Phi) is 5.37. The maximum Gasteiger partial charge on any atom is 0.323 e. The lowest BCUT2D eigenvalue weighted by molar-refractivity contribution is -0.146. The highest BCUT2D eigenvalue weighted by molar-refractivity contribution is 5.81. The van der Waals surface area contributed by atoms with Crippen LogP contribution in [0.5, 0.6) is 0 Å². The summed E-state index contributed by atoms with van der Waals surface area (Å²) in [6.45, 7) is 1.86. The second kappa shape index (κ2) is 7.25. The van der Waals surface area contributed by atoms with Gasteiger partial charge in [-0.1, -0.05) is 42.7 Å². The van der Waals surface area contributed by atoms with Crippen molar-refractivity contribution in [3.05, 3.63) is 35.4 Å². The third kappa shape index (κ3) is 4.59. The van der Waals surface area contributed by atoms with Crippen LogP contribution < -0.4 is 0 Å². The van der Waals surface area contributed by atoms with Crippen LogP contribution in [0, 0.1) is 6.92 Å². The first-order valence-corrected chi connectivity index (χ1v) is 7.63. The number of amides is 1. The Balaban J connectivity index is 1.95. The number of carboxylic acid groups (broad SMARTS) is 1. The number of carbonyl (C=O) groups excluding carboxylic acids is 1. The highest BCUT2D eigenvalue weighted by atomic mass is 16.4. The fourth-order valence-electron chi connectivity index (χ4n) is 3.05. The average molecular weight is 289 g/mol. The van der Waals surface area contributed by atoms with Crippen LogP contribution in [-0.4, -0.2) is 34.5 Å². The Hall–Kier alpha value is -1.84. The largest absolute Gasteiger partial charge is 0.480 e. The highest BCUT2D eigenvalue weighted by Crippen LogP contribution is 2.24. The van der Waals surface area contributed by atoms with Gasteiger partial charge in [0.25, 0.3) is 0 Å². The Morgan fingerprint density at radius 3 is 2.62 bits per heavy atom. The fraction of sp³-hybridized carbons (Fsp3) is 0.529. The molecule has 1 aliphatic rings. The van der Waals surface area contributed by atoms with Crippen LogP contribution >= 0.6 is 0 Å². The molecule has 1 aromatic carbocycles. The second-order valence-corrected chi connectivity index (χ2v) is 5.84. The van der Waals surface area contributed by atoms with Gasteiger partial charge in [0.15, 0.2) is 0 Å². The predicted molar refractivity (Wildman–Crippen MR) is 81.1 cm³/mol. The first kappa shape index (κ1) is 15.5. The van der Waals surface area contributed by atoms with E-state index in [1.807, 2.05) is 25.1 Å². The third-order valence-electron chi connectivity index (χ3n) is 4.10. The number of benzene rings is 1. The van der Waals surface area contributed by atoms with Crippen molar-refractivity contribution >= 4 is 11.9 Å². The summed E-state index contributed by atoms with van der Waals surface area (Å²) in [7, 11) is 0. The molecule has 1 amide bonds. The van der Waals surface area contributed by atoms with Crippen molar-refractivity contribution < 1.29 is 14.7 Å². The zero-order valence-corrected chi connectivity index (χ0v) is 12.5. The van der Waals surface area contributed by atoms with Gasteiger partial charge in [0, 0.05) is 12.5 Å². The molecule has 114 valence electrons. The predicted octanol–water partition coefficient (Wildman–Crippen LogP) is 2.78. The molecule has 0 radical (unpaired) electrons. The van der Waals surface area contributed by atoms with E-state index >= 15 is 0 Å². The molecule has 1 aromatic rings. The average Bonchev–Trinajstić information content (AvgIpc) is 2.96. The number of carbonyl (C=O) groups is 2. The number of aryl methyl sites for hydroxylation is 2. The minimum absolute atomic E-state index is 0.0363. The summed E-state index contributed by atoms with van der Waals surface area (Å²) in [4.78, 5) is 25.0. The monoisotopic (exact) mass is 289 g/mol. The van der Waals surface area contributed by atoms with Crippen molar-refractivity contribution in [3.8, 4) is 0 Å². The van der Waals surface area contributed by atoms with Crippen LogP contribution in [0.1, 0.15) is 43.2 Å². The van der Waals surface area contributed by atoms with Crippen molar-refractivity contribution in [3.63, 3.8) is 0 Å². The van der Waals surface area contributed by atoms with Gasteiger partial charge in [0.05, 0.1) is 0 Å². The van der Waals surface area contributed by atoms with Crippen LogP contribution in [0.15, 0.2) is 24.3 Å². The molecule has 0 aromatic heterocycles. The zero-order valence-electron chi connectivity index (χ0n) is 12.5. The van der Waals surface area contributed by atoms with Crippen molar-refractivity contribution in [2.45, 2.75) is 51.5 Å². The minimum Gasteiger partial charge on any atom is -0.480 e. The van der Waals surface area contributed by atoms with E-state index in [0.717, 1.165) is 31.2 Å². The van der Waals surface area contributed by atoms with E-state index in [-0.39, 0.29) is 18.5 Å². The van der Waals surface area contributed by atoms with Gasteiger partial charge in [-0.15, -0.1) is 0 Å². The molecule has 1 aliphatic carbocycles. The van der Waals surface area contributed by atoms with Gasteiger partial charge >= 0.3 is 5.97 Å². The van der Waals surface area contributed by atoms with Gasteiger partial charge in [0.1, 0.15) is 6.54 Å². The fourth-order valence-corrected chi connectivity index (χ4v) is 3.05. The van der Waals surface area contributed by atoms with Crippen LogP contribution in [0.4, 0.5) is 0 Å². The summed E-state index contributed by atoms with van der Waals surface area (Å²) >= 11 is 0.